The summed E-state index contributed by atoms with van der Waals surface area (Å²) in [6.45, 7) is 7.74. The topological polar surface area (TPSA) is 36.9 Å². The summed E-state index contributed by atoms with van der Waals surface area (Å²) >= 11 is 0. The number of nitrogens with one attached hydrogen (secondary N) is 1. The zero-order chi connectivity index (χ0) is 16.2. The highest BCUT2D eigenvalue weighted by Crippen LogP contribution is 2.09. The summed E-state index contributed by atoms with van der Waals surface area (Å²) in [4.78, 5) is 6.92. The summed E-state index contributed by atoms with van der Waals surface area (Å²) in [5.74, 6) is 0.984. The molecule has 0 heterocycles. The van der Waals surface area contributed by atoms with Gasteiger partial charge >= 0.3 is 0 Å². The Morgan fingerprint density at radius 3 is 2.61 bits per heavy atom. The van der Waals surface area contributed by atoms with Crippen molar-refractivity contribution < 1.29 is 4.74 Å². The molecule has 0 saturated heterocycles. The number of hydrogen-bond acceptors (Lipinski definition) is 2. The summed E-state index contributed by atoms with van der Waals surface area (Å²) in [7, 11) is 3.85. The van der Waals surface area contributed by atoms with E-state index < -0.39 is 0 Å². The molecule has 0 saturated carbocycles. The zero-order valence-electron chi connectivity index (χ0n) is 15.0. The fourth-order valence-corrected chi connectivity index (χ4v) is 2.31. The average Bonchev–Trinajstić information content (AvgIpc) is 2.51. The van der Waals surface area contributed by atoms with Crippen LogP contribution >= 0.6 is 24.0 Å². The van der Waals surface area contributed by atoms with Crippen LogP contribution in [0.2, 0.25) is 0 Å². The number of rotatable bonds is 9. The van der Waals surface area contributed by atoms with Gasteiger partial charge in [0, 0.05) is 40.4 Å². The van der Waals surface area contributed by atoms with Gasteiger partial charge in [-0.05, 0) is 44.2 Å². The molecule has 132 valence electrons. The van der Waals surface area contributed by atoms with Crippen LogP contribution in [0.15, 0.2) is 29.3 Å². The summed E-state index contributed by atoms with van der Waals surface area (Å²) in [5.41, 5.74) is 2.67. The van der Waals surface area contributed by atoms with E-state index in [1.54, 1.807) is 7.11 Å². The molecule has 1 aromatic rings. The van der Waals surface area contributed by atoms with Gasteiger partial charge in [-0.25, -0.2) is 0 Å². The van der Waals surface area contributed by atoms with Crippen LogP contribution < -0.4 is 5.32 Å². The minimum Gasteiger partial charge on any atom is -0.385 e. The van der Waals surface area contributed by atoms with E-state index in [0.717, 1.165) is 51.5 Å². The largest absolute Gasteiger partial charge is 0.385 e. The van der Waals surface area contributed by atoms with Crippen molar-refractivity contribution in [2.24, 2.45) is 4.99 Å². The number of unbranched alkanes of at least 4 members (excludes halogenated alkanes) is 2. The molecule has 0 aliphatic carbocycles. The minimum absolute atomic E-state index is 0. The van der Waals surface area contributed by atoms with Crippen molar-refractivity contribution >= 4 is 29.9 Å². The Balaban J connectivity index is 0.00000484. The lowest BCUT2D eigenvalue weighted by molar-refractivity contribution is 0.192. The second kappa shape index (κ2) is 13.6. The van der Waals surface area contributed by atoms with Crippen LogP contribution in [0.25, 0.3) is 0 Å². The summed E-state index contributed by atoms with van der Waals surface area (Å²) in [5, 5.41) is 3.38. The van der Waals surface area contributed by atoms with Gasteiger partial charge in [-0.2, -0.15) is 0 Å². The summed E-state index contributed by atoms with van der Waals surface area (Å²) < 4.78 is 5.07. The van der Waals surface area contributed by atoms with E-state index in [2.05, 4.69) is 55.4 Å². The van der Waals surface area contributed by atoms with Gasteiger partial charge in [-0.15, -0.1) is 24.0 Å². The molecule has 23 heavy (non-hydrogen) atoms. The van der Waals surface area contributed by atoms with Gasteiger partial charge in [0.2, 0.25) is 0 Å². The summed E-state index contributed by atoms with van der Waals surface area (Å²) in [6.07, 6.45) is 3.39. The highest BCUT2D eigenvalue weighted by molar-refractivity contribution is 14.0. The van der Waals surface area contributed by atoms with Crippen molar-refractivity contribution in [1.29, 1.82) is 0 Å². The SMILES string of the molecule is CCNC(=NCCCCCOC)N(C)Cc1ccccc1C.I. The Labute approximate surface area is 158 Å². The molecule has 0 radical (unpaired) electrons. The number of ether oxygens (including phenoxy) is 1. The highest BCUT2D eigenvalue weighted by atomic mass is 127. The van der Waals surface area contributed by atoms with Crippen molar-refractivity contribution in [3.63, 3.8) is 0 Å². The molecule has 0 amide bonds. The van der Waals surface area contributed by atoms with E-state index >= 15 is 0 Å². The Hall–Kier alpha value is -0.820. The standard InChI is InChI=1S/C18H31N3O.HI/c1-5-19-18(20-13-9-6-10-14-22-4)21(3)15-17-12-8-7-11-16(17)2;/h7-8,11-12H,5-6,9-10,13-15H2,1-4H3,(H,19,20);1H. The molecule has 1 N–H and O–H groups in total. The molecule has 5 heteroatoms. The third-order valence-electron chi connectivity index (χ3n) is 3.63. The third kappa shape index (κ3) is 9.15. The number of benzene rings is 1. The van der Waals surface area contributed by atoms with Crippen LogP contribution in [0.4, 0.5) is 0 Å². The quantitative estimate of drug-likeness (QED) is 0.278. The zero-order valence-corrected chi connectivity index (χ0v) is 17.3. The van der Waals surface area contributed by atoms with Gasteiger partial charge in [0.1, 0.15) is 0 Å². The Morgan fingerprint density at radius 2 is 1.96 bits per heavy atom. The second-order valence-electron chi connectivity index (χ2n) is 5.57. The fraction of sp³-hybridized carbons (Fsp3) is 0.611. The highest BCUT2D eigenvalue weighted by Gasteiger charge is 2.07. The molecular formula is C18H32IN3O. The van der Waals surface area contributed by atoms with Gasteiger partial charge in [0.25, 0.3) is 0 Å². The molecule has 4 nitrogen and oxygen atoms in total. The van der Waals surface area contributed by atoms with E-state index in [-0.39, 0.29) is 24.0 Å². The molecule has 1 rings (SSSR count). The van der Waals surface area contributed by atoms with E-state index in [1.165, 1.54) is 11.1 Å². The maximum absolute atomic E-state index is 5.07. The molecule has 0 unspecified atom stereocenters. The van der Waals surface area contributed by atoms with Gasteiger partial charge < -0.3 is 15.0 Å². The smallest absolute Gasteiger partial charge is 0.193 e. The van der Waals surface area contributed by atoms with Crippen LogP contribution in [0.1, 0.15) is 37.3 Å². The van der Waals surface area contributed by atoms with Crippen LogP contribution in [0, 0.1) is 6.92 Å². The molecular weight excluding hydrogens is 401 g/mol. The van der Waals surface area contributed by atoms with E-state index in [9.17, 15) is 0 Å². The predicted molar refractivity (Wildman–Crippen MR) is 110 cm³/mol. The van der Waals surface area contributed by atoms with Crippen LogP contribution in [-0.4, -0.2) is 44.7 Å². The maximum atomic E-state index is 5.07. The Kier molecular flexibility index (Phi) is 13.1. The first-order valence-electron chi connectivity index (χ1n) is 8.22. The van der Waals surface area contributed by atoms with Crippen LogP contribution in [0.3, 0.4) is 0 Å². The number of hydrogen-bond donors (Lipinski definition) is 1. The van der Waals surface area contributed by atoms with Crippen molar-refractivity contribution in [3.8, 4) is 0 Å². The van der Waals surface area contributed by atoms with Gasteiger partial charge in [0.15, 0.2) is 5.96 Å². The fourth-order valence-electron chi connectivity index (χ4n) is 2.31. The van der Waals surface area contributed by atoms with Crippen molar-refractivity contribution in [2.75, 3.05) is 33.9 Å². The molecule has 0 atom stereocenters. The number of nitrogens with zero attached hydrogens (tertiary/aromatic N) is 2. The van der Waals surface area contributed by atoms with Crippen molar-refractivity contribution in [3.05, 3.63) is 35.4 Å². The number of halogens is 1. The molecule has 0 fully saturated rings. The Morgan fingerprint density at radius 1 is 1.22 bits per heavy atom. The second-order valence-corrected chi connectivity index (χ2v) is 5.57. The number of aliphatic imine (C=N–C) groups is 1. The first-order chi connectivity index (χ1) is 10.7. The number of aryl methyl sites for hydroxylation is 1. The van der Waals surface area contributed by atoms with E-state index in [4.69, 9.17) is 9.73 Å². The first-order valence-corrected chi connectivity index (χ1v) is 8.22. The molecule has 1 aromatic carbocycles. The molecule has 0 aliphatic rings. The lowest BCUT2D eigenvalue weighted by Gasteiger charge is -2.23. The van der Waals surface area contributed by atoms with E-state index in [0.29, 0.717) is 0 Å². The van der Waals surface area contributed by atoms with Crippen molar-refractivity contribution in [2.45, 2.75) is 39.7 Å². The third-order valence-corrected chi connectivity index (χ3v) is 3.63. The minimum atomic E-state index is 0. The van der Waals surface area contributed by atoms with Crippen molar-refractivity contribution in [1.82, 2.24) is 10.2 Å². The lowest BCUT2D eigenvalue weighted by atomic mass is 10.1. The molecule has 0 spiro atoms. The van der Waals surface area contributed by atoms with E-state index in [1.807, 2.05) is 0 Å². The first kappa shape index (κ1) is 22.2. The Bertz CT molecular complexity index is 452. The molecule has 0 bridgehead atoms. The van der Waals surface area contributed by atoms with Gasteiger partial charge in [-0.3, -0.25) is 4.99 Å². The van der Waals surface area contributed by atoms with Crippen LogP contribution in [-0.2, 0) is 11.3 Å². The predicted octanol–water partition coefficient (Wildman–Crippen LogP) is 3.83. The molecule has 0 aliphatic heterocycles. The average molecular weight is 433 g/mol. The maximum Gasteiger partial charge on any atom is 0.193 e. The monoisotopic (exact) mass is 433 g/mol. The molecule has 0 aromatic heterocycles. The summed E-state index contributed by atoms with van der Waals surface area (Å²) in [6, 6.07) is 8.51. The van der Waals surface area contributed by atoms with Crippen LogP contribution in [0.5, 0.6) is 0 Å². The number of methoxy groups -OCH3 is 1. The lowest BCUT2D eigenvalue weighted by Crippen LogP contribution is -2.38. The number of guanidine groups is 1. The van der Waals surface area contributed by atoms with Gasteiger partial charge in [0.05, 0.1) is 0 Å². The van der Waals surface area contributed by atoms with Gasteiger partial charge in [-0.1, -0.05) is 24.3 Å². The normalized spacial score (nSPS) is 11.0.